The van der Waals surface area contributed by atoms with E-state index in [0.717, 1.165) is 12.5 Å². The number of hydrogen-bond donors (Lipinski definition) is 5. The number of imidazole rings is 1. The fourth-order valence-electron chi connectivity index (χ4n) is 6.88. The molecule has 1 saturated carbocycles. The average Bonchev–Trinajstić information content (AvgIpc) is 3.35. The first-order valence-corrected chi connectivity index (χ1v) is 12.7. The van der Waals surface area contributed by atoms with Crippen molar-refractivity contribution >= 4 is 23.1 Å². The van der Waals surface area contributed by atoms with Crippen molar-refractivity contribution in [2.75, 3.05) is 21.1 Å². The second-order valence-corrected chi connectivity index (χ2v) is 11.0. The standard InChI is InChI=1S/C28H32N4O7/c1-14(33)19-24(36)22(31(3)4)17-10-27(12-32-8-7-30-13-32)9-16-15(11-29-2)5-6-18(34)20(16)23(35)21(27)26(38)28(17,39)25(19)37/h5-8,13,17,22,29,34-35,37,39H,9-12H2,1-4H3/t17-,22-,27-,28+/m0/s1. The van der Waals surface area contributed by atoms with Crippen molar-refractivity contribution in [1.82, 2.24) is 19.8 Å². The lowest BCUT2D eigenvalue weighted by atomic mass is 9.51. The van der Waals surface area contributed by atoms with E-state index in [1.807, 2.05) is 0 Å². The third-order valence-corrected chi connectivity index (χ3v) is 8.44. The van der Waals surface area contributed by atoms with E-state index in [4.69, 9.17) is 0 Å². The van der Waals surface area contributed by atoms with Gasteiger partial charge in [-0.2, -0.15) is 0 Å². The summed E-state index contributed by atoms with van der Waals surface area (Å²) >= 11 is 0. The second-order valence-electron chi connectivity index (χ2n) is 11.0. The van der Waals surface area contributed by atoms with Crippen LogP contribution in [0.2, 0.25) is 0 Å². The fourth-order valence-corrected chi connectivity index (χ4v) is 6.88. The lowest BCUT2D eigenvalue weighted by Gasteiger charge is -2.55. The highest BCUT2D eigenvalue weighted by molar-refractivity contribution is 6.25. The summed E-state index contributed by atoms with van der Waals surface area (Å²) in [5.74, 6) is -5.32. The molecule has 39 heavy (non-hydrogen) atoms. The van der Waals surface area contributed by atoms with Gasteiger partial charge >= 0.3 is 0 Å². The Morgan fingerprint density at radius 1 is 1.23 bits per heavy atom. The van der Waals surface area contributed by atoms with Gasteiger partial charge in [0, 0.05) is 42.4 Å². The number of phenolic OH excluding ortho intramolecular Hbond substituents is 1. The molecular weight excluding hydrogens is 504 g/mol. The van der Waals surface area contributed by atoms with Crippen molar-refractivity contribution in [2.45, 2.75) is 44.5 Å². The van der Waals surface area contributed by atoms with Gasteiger partial charge < -0.3 is 30.3 Å². The molecule has 0 spiro atoms. The van der Waals surface area contributed by atoms with Crippen LogP contribution in [-0.4, -0.2) is 85.0 Å². The lowest BCUT2D eigenvalue weighted by molar-refractivity contribution is -0.157. The highest BCUT2D eigenvalue weighted by Crippen LogP contribution is 2.59. The molecule has 2 aromatic rings. The fraction of sp³-hybridized carbons (Fsp3) is 0.429. The third-order valence-electron chi connectivity index (χ3n) is 8.44. The molecule has 1 aromatic carbocycles. The molecule has 1 heterocycles. The summed E-state index contributed by atoms with van der Waals surface area (Å²) in [4.78, 5) is 46.0. The van der Waals surface area contributed by atoms with E-state index >= 15 is 0 Å². The zero-order valence-corrected chi connectivity index (χ0v) is 22.2. The smallest absolute Gasteiger partial charge is 0.202 e. The van der Waals surface area contributed by atoms with Crippen LogP contribution in [-0.2, 0) is 33.9 Å². The van der Waals surface area contributed by atoms with E-state index in [1.165, 1.54) is 11.0 Å². The number of ketones is 3. The summed E-state index contributed by atoms with van der Waals surface area (Å²) in [5.41, 5.74) is -3.05. The van der Waals surface area contributed by atoms with Crippen LogP contribution in [0.15, 0.2) is 47.8 Å². The molecule has 0 bridgehead atoms. The van der Waals surface area contributed by atoms with Crippen molar-refractivity contribution < 1.29 is 34.8 Å². The van der Waals surface area contributed by atoms with Crippen LogP contribution in [0.1, 0.15) is 30.0 Å². The summed E-state index contributed by atoms with van der Waals surface area (Å²) in [6.45, 7) is 1.68. The maximum atomic E-state index is 14.4. The molecule has 1 aromatic heterocycles. The minimum absolute atomic E-state index is 0.00470. The number of carbonyl (C=O) groups is 3. The van der Waals surface area contributed by atoms with E-state index in [2.05, 4.69) is 10.3 Å². The molecule has 0 radical (unpaired) electrons. The van der Waals surface area contributed by atoms with Crippen molar-refractivity contribution in [3.63, 3.8) is 0 Å². The van der Waals surface area contributed by atoms with Gasteiger partial charge in [-0.1, -0.05) is 6.07 Å². The third kappa shape index (κ3) is 3.68. The second kappa shape index (κ2) is 9.15. The monoisotopic (exact) mass is 536 g/mol. The van der Waals surface area contributed by atoms with Crippen molar-refractivity contribution in [1.29, 1.82) is 0 Å². The summed E-state index contributed by atoms with van der Waals surface area (Å²) in [7, 11) is 4.99. The molecule has 0 amide bonds. The number of likely N-dealkylation sites (N-methyl/N-ethyl adjacent to an activating group) is 1. The van der Waals surface area contributed by atoms with Crippen LogP contribution >= 0.6 is 0 Å². The SMILES string of the molecule is CNCc1ccc(O)c2c1C[C@@]1(Cn3ccnc3)C[C@H]3[C@H](N(C)C)C(=O)C(C(C)=O)=C(O)[C@@]3(O)C(=O)C1=C2O. The number of phenols is 1. The Balaban J connectivity index is 1.84. The molecule has 0 saturated heterocycles. The van der Waals surface area contributed by atoms with Crippen LogP contribution in [0, 0.1) is 11.3 Å². The number of Topliss-reactive ketones (excluding diaryl/α,β-unsaturated/α-hetero) is 3. The molecule has 11 heteroatoms. The summed E-state index contributed by atoms with van der Waals surface area (Å²) in [5, 5.41) is 48.8. The van der Waals surface area contributed by atoms with Gasteiger partial charge in [-0.05, 0) is 58.1 Å². The Morgan fingerprint density at radius 2 is 1.95 bits per heavy atom. The van der Waals surface area contributed by atoms with Crippen LogP contribution in [0.3, 0.4) is 0 Å². The van der Waals surface area contributed by atoms with Crippen LogP contribution in [0.4, 0.5) is 0 Å². The number of rotatable bonds is 6. The number of carbonyl (C=O) groups excluding carboxylic acids is 3. The van der Waals surface area contributed by atoms with E-state index < -0.39 is 57.4 Å². The normalized spacial score (nSPS) is 28.5. The Bertz CT molecular complexity index is 1460. The van der Waals surface area contributed by atoms with Crippen molar-refractivity contribution in [3.8, 4) is 5.75 Å². The Hall–Kier alpha value is -3.80. The maximum absolute atomic E-state index is 14.4. The van der Waals surface area contributed by atoms with Crippen LogP contribution in [0.5, 0.6) is 5.75 Å². The zero-order chi connectivity index (χ0) is 28.4. The molecule has 5 N–H and O–H groups in total. The molecule has 5 rings (SSSR count). The molecule has 1 fully saturated rings. The summed E-state index contributed by atoms with van der Waals surface area (Å²) in [6, 6.07) is 2.08. The highest BCUT2D eigenvalue weighted by atomic mass is 16.3. The number of benzene rings is 1. The van der Waals surface area contributed by atoms with E-state index in [1.54, 1.807) is 50.5 Å². The minimum atomic E-state index is -2.64. The predicted octanol–water partition coefficient (Wildman–Crippen LogP) is 1.05. The van der Waals surface area contributed by atoms with E-state index in [-0.39, 0.29) is 36.3 Å². The van der Waals surface area contributed by atoms with E-state index in [0.29, 0.717) is 12.1 Å². The van der Waals surface area contributed by atoms with Gasteiger partial charge in [0.05, 0.1) is 17.9 Å². The topological polar surface area (TPSA) is 165 Å². The molecule has 0 aliphatic heterocycles. The van der Waals surface area contributed by atoms with Crippen molar-refractivity contribution in [3.05, 3.63) is 64.4 Å². The molecule has 11 nitrogen and oxygen atoms in total. The highest BCUT2D eigenvalue weighted by Gasteiger charge is 2.67. The molecule has 0 unspecified atom stereocenters. The van der Waals surface area contributed by atoms with Crippen LogP contribution in [0.25, 0.3) is 5.76 Å². The molecular formula is C28H32N4O7. The lowest BCUT2D eigenvalue weighted by Crippen LogP contribution is -2.67. The van der Waals surface area contributed by atoms with Gasteiger partial charge in [0.1, 0.15) is 22.8 Å². The predicted molar refractivity (Wildman–Crippen MR) is 140 cm³/mol. The number of aliphatic hydroxyl groups excluding tert-OH is 2. The number of aromatic nitrogens is 2. The quantitative estimate of drug-likeness (QED) is 0.337. The summed E-state index contributed by atoms with van der Waals surface area (Å²) in [6.07, 6.45) is 5.06. The first kappa shape index (κ1) is 26.8. The Morgan fingerprint density at radius 3 is 2.54 bits per heavy atom. The number of nitrogens with zero attached hydrogens (tertiary/aromatic N) is 3. The molecule has 3 aliphatic carbocycles. The minimum Gasteiger partial charge on any atom is -0.508 e. The first-order chi connectivity index (χ1) is 18.4. The molecule has 4 atom stereocenters. The first-order valence-electron chi connectivity index (χ1n) is 12.7. The van der Waals surface area contributed by atoms with Gasteiger partial charge in [0.15, 0.2) is 17.2 Å². The van der Waals surface area contributed by atoms with Gasteiger partial charge in [-0.15, -0.1) is 0 Å². The van der Waals surface area contributed by atoms with Crippen molar-refractivity contribution in [2.24, 2.45) is 11.3 Å². The average molecular weight is 537 g/mol. The van der Waals surface area contributed by atoms with Gasteiger partial charge in [-0.25, -0.2) is 4.98 Å². The zero-order valence-electron chi connectivity index (χ0n) is 22.2. The molecule has 206 valence electrons. The number of aromatic hydroxyl groups is 1. The maximum Gasteiger partial charge on any atom is 0.202 e. The Labute approximate surface area is 225 Å². The van der Waals surface area contributed by atoms with Gasteiger partial charge in [0.2, 0.25) is 5.78 Å². The largest absolute Gasteiger partial charge is 0.508 e. The number of hydrogen-bond acceptors (Lipinski definition) is 10. The number of aliphatic hydroxyl groups is 3. The van der Waals surface area contributed by atoms with Gasteiger partial charge in [0.25, 0.3) is 0 Å². The molecule has 3 aliphatic rings. The Kier molecular flexibility index (Phi) is 6.28. The van der Waals surface area contributed by atoms with E-state index in [9.17, 15) is 34.8 Å². The summed E-state index contributed by atoms with van der Waals surface area (Å²) < 4.78 is 1.75. The van der Waals surface area contributed by atoms with Gasteiger partial charge in [-0.3, -0.25) is 19.3 Å². The number of fused-ring (bicyclic) bond motifs is 3. The number of nitrogens with one attached hydrogen (secondary N) is 1. The van der Waals surface area contributed by atoms with Crippen LogP contribution < -0.4 is 5.32 Å².